The van der Waals surface area contributed by atoms with Gasteiger partial charge in [0.15, 0.2) is 10.9 Å². The maximum absolute atomic E-state index is 5.73. The van der Waals surface area contributed by atoms with E-state index in [4.69, 9.17) is 9.15 Å². The van der Waals surface area contributed by atoms with Gasteiger partial charge in [-0.15, -0.1) is 10.2 Å². The quantitative estimate of drug-likeness (QED) is 0.453. The summed E-state index contributed by atoms with van der Waals surface area (Å²) in [5.41, 5.74) is 0. The van der Waals surface area contributed by atoms with E-state index in [9.17, 15) is 0 Å². The second-order valence-electron chi connectivity index (χ2n) is 7.09. The van der Waals surface area contributed by atoms with Crippen LogP contribution in [0.15, 0.2) is 28.0 Å². The number of hydrogen-bond donors (Lipinski definition) is 0. The first-order valence-corrected chi connectivity index (χ1v) is 10.4. The molecule has 0 radical (unpaired) electrons. The molecule has 1 aliphatic carbocycles. The summed E-state index contributed by atoms with van der Waals surface area (Å²) in [6.07, 6.45) is 9.11. The zero-order valence-corrected chi connectivity index (χ0v) is 16.1. The molecule has 3 rings (SSSR count). The molecule has 0 aromatic carbocycles. The summed E-state index contributed by atoms with van der Waals surface area (Å²) in [4.78, 5) is 0. The lowest BCUT2D eigenvalue weighted by Crippen LogP contribution is -2.15. The molecule has 138 valence electrons. The van der Waals surface area contributed by atoms with Crippen LogP contribution in [-0.4, -0.2) is 33.7 Å². The molecule has 1 saturated carbocycles. The lowest BCUT2D eigenvalue weighted by molar-refractivity contribution is 0.138. The molecule has 0 N–H and O–H groups in total. The van der Waals surface area contributed by atoms with Gasteiger partial charge in [-0.05, 0) is 37.3 Å². The molecule has 1 fully saturated rings. The molecule has 0 aliphatic heterocycles. The van der Waals surface area contributed by atoms with E-state index in [0.717, 1.165) is 42.1 Å². The van der Waals surface area contributed by atoms with Crippen molar-refractivity contribution in [3.63, 3.8) is 0 Å². The second-order valence-corrected chi connectivity index (χ2v) is 8.15. The fourth-order valence-corrected chi connectivity index (χ4v) is 4.09. The van der Waals surface area contributed by atoms with E-state index >= 15 is 0 Å². The Morgan fingerprint density at radius 2 is 2.08 bits per heavy atom. The molecule has 0 spiro atoms. The Kier molecular flexibility index (Phi) is 6.99. The minimum atomic E-state index is 0.480. The summed E-state index contributed by atoms with van der Waals surface area (Å²) in [7, 11) is 0. The van der Waals surface area contributed by atoms with Crippen molar-refractivity contribution in [1.29, 1.82) is 0 Å². The molecular formula is C19H29N3O2S. The Morgan fingerprint density at radius 3 is 2.80 bits per heavy atom. The minimum Gasteiger partial charge on any atom is -0.461 e. The van der Waals surface area contributed by atoms with Gasteiger partial charge in [0.05, 0.1) is 12.9 Å². The number of thioether (sulfide) groups is 1. The largest absolute Gasteiger partial charge is 0.461 e. The highest BCUT2D eigenvalue weighted by Crippen LogP contribution is 2.35. The van der Waals surface area contributed by atoms with Crippen LogP contribution in [0.2, 0.25) is 0 Å². The molecule has 2 heterocycles. The molecular weight excluding hydrogens is 334 g/mol. The normalized spacial score (nSPS) is 16.0. The lowest BCUT2D eigenvalue weighted by atomic mass is 9.95. The van der Waals surface area contributed by atoms with Crippen LogP contribution in [0.4, 0.5) is 0 Å². The van der Waals surface area contributed by atoms with Gasteiger partial charge >= 0.3 is 0 Å². The van der Waals surface area contributed by atoms with Gasteiger partial charge in [-0.25, -0.2) is 0 Å². The number of aromatic nitrogens is 3. The Morgan fingerprint density at radius 1 is 1.24 bits per heavy atom. The van der Waals surface area contributed by atoms with E-state index in [1.807, 2.05) is 12.1 Å². The van der Waals surface area contributed by atoms with Crippen LogP contribution in [0.25, 0.3) is 11.6 Å². The third-order valence-corrected chi connectivity index (χ3v) is 5.55. The molecule has 0 amide bonds. The van der Waals surface area contributed by atoms with Crippen molar-refractivity contribution in [2.24, 2.45) is 5.92 Å². The predicted molar refractivity (Wildman–Crippen MR) is 101 cm³/mol. The van der Waals surface area contributed by atoms with Crippen LogP contribution in [-0.2, 0) is 4.74 Å². The molecule has 25 heavy (non-hydrogen) atoms. The first-order valence-electron chi connectivity index (χ1n) is 9.45. The van der Waals surface area contributed by atoms with Crippen molar-refractivity contribution in [3.05, 3.63) is 18.4 Å². The van der Waals surface area contributed by atoms with Gasteiger partial charge in [-0.1, -0.05) is 44.9 Å². The second kappa shape index (κ2) is 9.43. The monoisotopic (exact) mass is 363 g/mol. The smallest absolute Gasteiger partial charge is 0.200 e. The third kappa shape index (κ3) is 5.11. The fraction of sp³-hybridized carbons (Fsp3) is 0.684. The Balaban J connectivity index is 1.64. The Bertz CT molecular complexity index is 619. The third-order valence-electron chi connectivity index (χ3n) is 4.64. The maximum atomic E-state index is 5.73. The highest BCUT2D eigenvalue weighted by Gasteiger charge is 2.24. The molecule has 0 unspecified atom stereocenters. The van der Waals surface area contributed by atoms with Gasteiger partial charge in [0.1, 0.15) is 0 Å². The van der Waals surface area contributed by atoms with Crippen molar-refractivity contribution in [2.45, 2.75) is 63.6 Å². The van der Waals surface area contributed by atoms with E-state index in [2.05, 4.69) is 28.6 Å². The molecule has 5 nitrogen and oxygen atoms in total. The van der Waals surface area contributed by atoms with Crippen molar-refractivity contribution < 1.29 is 9.15 Å². The highest BCUT2D eigenvalue weighted by atomic mass is 32.2. The summed E-state index contributed by atoms with van der Waals surface area (Å²) in [6.45, 7) is 6.04. The number of nitrogens with zero attached hydrogens (tertiary/aromatic N) is 3. The highest BCUT2D eigenvalue weighted by molar-refractivity contribution is 7.99. The van der Waals surface area contributed by atoms with E-state index in [1.165, 1.54) is 32.1 Å². The van der Waals surface area contributed by atoms with Gasteiger partial charge in [-0.2, -0.15) is 0 Å². The van der Waals surface area contributed by atoms with E-state index in [-0.39, 0.29) is 0 Å². The van der Waals surface area contributed by atoms with Gasteiger partial charge in [0, 0.05) is 18.4 Å². The fourth-order valence-electron chi connectivity index (χ4n) is 3.23. The topological polar surface area (TPSA) is 53.1 Å². The Labute approximate surface area is 154 Å². The lowest BCUT2D eigenvalue weighted by Gasteiger charge is -2.25. The standard InChI is InChI=1S/C19H29N3O2S/c1-15(2)10-12-23-13-14-25-19-21-20-18(17-9-6-11-24-17)22(19)16-7-4-3-5-8-16/h6,9,11,15-16H,3-5,7-8,10,12-14H2,1-2H3. The van der Waals surface area contributed by atoms with Crippen molar-refractivity contribution in [2.75, 3.05) is 19.0 Å². The van der Waals surface area contributed by atoms with Crippen molar-refractivity contribution in [3.8, 4) is 11.6 Å². The van der Waals surface area contributed by atoms with Crippen LogP contribution in [0.3, 0.4) is 0 Å². The molecule has 2 aromatic heterocycles. The average Bonchev–Trinajstić information content (AvgIpc) is 3.27. The predicted octanol–water partition coefficient (Wildman–Crippen LogP) is 5.20. The van der Waals surface area contributed by atoms with Crippen LogP contribution in [0.5, 0.6) is 0 Å². The Hall–Kier alpha value is -1.27. The number of rotatable bonds is 9. The van der Waals surface area contributed by atoms with E-state index in [0.29, 0.717) is 12.0 Å². The summed E-state index contributed by atoms with van der Waals surface area (Å²) in [5.74, 6) is 3.26. The first-order chi connectivity index (χ1) is 12.3. The van der Waals surface area contributed by atoms with Gasteiger partial charge in [0.2, 0.25) is 5.82 Å². The van der Waals surface area contributed by atoms with Crippen LogP contribution >= 0.6 is 11.8 Å². The summed E-state index contributed by atoms with van der Waals surface area (Å²) in [6, 6.07) is 4.35. The number of furan rings is 1. The molecule has 6 heteroatoms. The van der Waals surface area contributed by atoms with Crippen LogP contribution in [0, 0.1) is 5.92 Å². The molecule has 0 saturated heterocycles. The van der Waals surface area contributed by atoms with E-state index in [1.54, 1.807) is 18.0 Å². The SMILES string of the molecule is CC(C)CCOCCSc1nnc(-c2ccco2)n1C1CCCCC1. The van der Waals surface area contributed by atoms with Gasteiger partial charge in [0.25, 0.3) is 0 Å². The average molecular weight is 364 g/mol. The zero-order chi connectivity index (χ0) is 17.5. The number of ether oxygens (including phenoxy) is 1. The van der Waals surface area contributed by atoms with Crippen molar-refractivity contribution in [1.82, 2.24) is 14.8 Å². The molecule has 1 aliphatic rings. The minimum absolute atomic E-state index is 0.480. The maximum Gasteiger partial charge on any atom is 0.200 e. The summed E-state index contributed by atoms with van der Waals surface area (Å²) < 4.78 is 13.6. The summed E-state index contributed by atoms with van der Waals surface area (Å²) in [5, 5.41) is 9.87. The molecule has 0 atom stereocenters. The molecule has 2 aromatic rings. The zero-order valence-electron chi connectivity index (χ0n) is 15.3. The van der Waals surface area contributed by atoms with Crippen LogP contribution < -0.4 is 0 Å². The number of hydrogen-bond acceptors (Lipinski definition) is 5. The van der Waals surface area contributed by atoms with Gasteiger partial charge < -0.3 is 9.15 Å². The van der Waals surface area contributed by atoms with Crippen LogP contribution in [0.1, 0.15) is 58.4 Å². The van der Waals surface area contributed by atoms with E-state index < -0.39 is 0 Å². The van der Waals surface area contributed by atoms with Gasteiger partial charge in [-0.3, -0.25) is 4.57 Å². The molecule has 0 bridgehead atoms. The first kappa shape index (κ1) is 18.5. The van der Waals surface area contributed by atoms with Crippen molar-refractivity contribution >= 4 is 11.8 Å². The summed E-state index contributed by atoms with van der Waals surface area (Å²) >= 11 is 1.74.